The summed E-state index contributed by atoms with van der Waals surface area (Å²) in [5, 5.41) is 9.50. The molecule has 0 radical (unpaired) electrons. The SMILES string of the molecule is Cc1cc(-c2nn(-c3ccccc3)cc2C=c2sc3nc(-c4ccc(C(C)(C)C)cc4)nn3c2=O)ccc1OC(C)C. The molecule has 42 heavy (non-hydrogen) atoms. The van der Waals surface area contributed by atoms with Gasteiger partial charge in [0.2, 0.25) is 4.96 Å². The van der Waals surface area contributed by atoms with E-state index in [1.54, 1.807) is 0 Å². The highest BCUT2D eigenvalue weighted by atomic mass is 32.1. The van der Waals surface area contributed by atoms with Crippen LogP contribution < -0.4 is 14.8 Å². The molecule has 0 saturated heterocycles. The maximum Gasteiger partial charge on any atom is 0.291 e. The summed E-state index contributed by atoms with van der Waals surface area (Å²) in [6.45, 7) is 12.6. The molecule has 0 fully saturated rings. The minimum absolute atomic E-state index is 0.0587. The third-order valence-corrected chi connectivity index (χ3v) is 8.01. The number of fused-ring (bicyclic) bond motifs is 1. The number of hydrogen-bond donors (Lipinski definition) is 0. The molecule has 0 aliphatic carbocycles. The highest BCUT2D eigenvalue weighted by molar-refractivity contribution is 7.15. The van der Waals surface area contributed by atoms with E-state index in [0.29, 0.717) is 15.3 Å². The zero-order valence-corrected chi connectivity index (χ0v) is 25.4. The van der Waals surface area contributed by atoms with Gasteiger partial charge in [-0.3, -0.25) is 4.79 Å². The lowest BCUT2D eigenvalue weighted by atomic mass is 9.87. The second kappa shape index (κ2) is 10.7. The number of aryl methyl sites for hydroxylation is 1. The fourth-order valence-electron chi connectivity index (χ4n) is 4.83. The molecule has 0 unspecified atom stereocenters. The Morgan fingerprint density at radius 3 is 2.29 bits per heavy atom. The van der Waals surface area contributed by atoms with Crippen molar-refractivity contribution in [3.8, 4) is 34.1 Å². The molecule has 212 valence electrons. The van der Waals surface area contributed by atoms with Gasteiger partial charge in [-0.15, -0.1) is 5.10 Å². The summed E-state index contributed by atoms with van der Waals surface area (Å²) in [7, 11) is 0. The Morgan fingerprint density at radius 1 is 0.929 bits per heavy atom. The van der Waals surface area contributed by atoms with Gasteiger partial charge >= 0.3 is 0 Å². The maximum absolute atomic E-state index is 13.5. The Balaban J connectivity index is 1.42. The van der Waals surface area contributed by atoms with Crippen LogP contribution in [-0.4, -0.2) is 30.5 Å². The number of para-hydroxylation sites is 1. The van der Waals surface area contributed by atoms with E-state index in [1.807, 2.05) is 92.3 Å². The van der Waals surface area contributed by atoms with Crippen LogP contribution in [0.15, 0.2) is 83.8 Å². The number of benzene rings is 3. The van der Waals surface area contributed by atoms with Crippen molar-refractivity contribution in [1.82, 2.24) is 24.4 Å². The standard InChI is InChI=1S/C34H33N5O2S/c1-21(2)41-28-17-14-24(18-22(28)3)30-25(20-38(36-30)27-10-8-7-9-11-27)19-29-32(40)39-33(42-29)35-31(37-39)23-12-15-26(16-13-23)34(4,5)6/h7-21H,1-6H3. The number of nitrogens with zero attached hydrogens (tertiary/aromatic N) is 5. The van der Waals surface area contributed by atoms with Crippen LogP contribution in [0.1, 0.15) is 51.3 Å². The molecule has 6 rings (SSSR count). The van der Waals surface area contributed by atoms with Gasteiger partial charge in [0.15, 0.2) is 5.82 Å². The van der Waals surface area contributed by atoms with Crippen molar-refractivity contribution in [3.05, 3.63) is 111 Å². The van der Waals surface area contributed by atoms with Gasteiger partial charge in [-0.25, -0.2) is 4.68 Å². The number of ether oxygens (including phenoxy) is 1. The van der Waals surface area contributed by atoms with Crippen LogP contribution in [-0.2, 0) is 5.41 Å². The van der Waals surface area contributed by atoms with E-state index >= 15 is 0 Å². The first kappa shape index (κ1) is 27.6. The molecule has 0 amide bonds. The van der Waals surface area contributed by atoms with Crippen molar-refractivity contribution < 1.29 is 4.74 Å². The minimum atomic E-state index is -0.199. The largest absolute Gasteiger partial charge is 0.491 e. The average molecular weight is 576 g/mol. The first-order valence-electron chi connectivity index (χ1n) is 14.0. The summed E-state index contributed by atoms with van der Waals surface area (Å²) in [4.78, 5) is 18.7. The van der Waals surface area contributed by atoms with Crippen LogP contribution in [0.2, 0.25) is 0 Å². The maximum atomic E-state index is 13.5. The first-order chi connectivity index (χ1) is 20.1. The van der Waals surface area contributed by atoms with Crippen LogP contribution in [0.5, 0.6) is 5.75 Å². The molecule has 3 aromatic heterocycles. The summed E-state index contributed by atoms with van der Waals surface area (Å²) < 4.78 is 9.73. The number of hydrogen-bond acceptors (Lipinski definition) is 6. The average Bonchev–Trinajstić information content (AvgIpc) is 3.65. The smallest absolute Gasteiger partial charge is 0.291 e. The second-order valence-electron chi connectivity index (χ2n) is 11.7. The lowest BCUT2D eigenvalue weighted by Gasteiger charge is -2.18. The summed E-state index contributed by atoms with van der Waals surface area (Å²) in [5.41, 5.74) is 6.48. The molecule has 0 saturated carbocycles. The van der Waals surface area contributed by atoms with E-state index in [1.165, 1.54) is 21.4 Å². The quantitative estimate of drug-likeness (QED) is 0.223. The molecule has 7 nitrogen and oxygen atoms in total. The van der Waals surface area contributed by atoms with Crippen LogP contribution >= 0.6 is 11.3 Å². The lowest BCUT2D eigenvalue weighted by molar-refractivity contribution is 0.241. The van der Waals surface area contributed by atoms with E-state index in [-0.39, 0.29) is 17.1 Å². The molecule has 0 bridgehead atoms. The number of rotatable bonds is 6. The van der Waals surface area contributed by atoms with E-state index in [4.69, 9.17) is 14.8 Å². The zero-order valence-electron chi connectivity index (χ0n) is 24.6. The number of thiazole rings is 1. The van der Waals surface area contributed by atoms with Gasteiger partial charge in [-0.1, -0.05) is 74.6 Å². The van der Waals surface area contributed by atoms with Crippen LogP contribution in [0, 0.1) is 6.92 Å². The van der Waals surface area contributed by atoms with Gasteiger partial charge in [-0.2, -0.15) is 14.6 Å². The molecular weight excluding hydrogens is 542 g/mol. The molecule has 8 heteroatoms. The fraction of sp³-hybridized carbons (Fsp3) is 0.235. The molecule has 0 aliphatic rings. The highest BCUT2D eigenvalue weighted by Crippen LogP contribution is 2.30. The van der Waals surface area contributed by atoms with Gasteiger partial charge in [0.25, 0.3) is 5.56 Å². The third-order valence-electron chi connectivity index (χ3n) is 7.05. The van der Waals surface area contributed by atoms with Crippen molar-refractivity contribution in [2.75, 3.05) is 0 Å². The molecule has 0 aliphatic heterocycles. The molecule has 3 heterocycles. The van der Waals surface area contributed by atoms with E-state index in [2.05, 4.69) is 44.1 Å². The Bertz CT molecular complexity index is 2000. The highest BCUT2D eigenvalue weighted by Gasteiger charge is 2.17. The Morgan fingerprint density at radius 2 is 1.64 bits per heavy atom. The molecule has 0 N–H and O–H groups in total. The predicted molar refractivity (Wildman–Crippen MR) is 170 cm³/mol. The Kier molecular flexibility index (Phi) is 7.02. The summed E-state index contributed by atoms with van der Waals surface area (Å²) in [6.07, 6.45) is 3.92. The second-order valence-corrected chi connectivity index (χ2v) is 12.7. The van der Waals surface area contributed by atoms with Crippen LogP contribution in [0.4, 0.5) is 0 Å². The summed E-state index contributed by atoms with van der Waals surface area (Å²) in [5.74, 6) is 1.39. The summed E-state index contributed by atoms with van der Waals surface area (Å²) in [6, 6.07) is 24.2. The molecule has 0 atom stereocenters. The van der Waals surface area contributed by atoms with Crippen molar-refractivity contribution in [1.29, 1.82) is 0 Å². The lowest BCUT2D eigenvalue weighted by Crippen LogP contribution is -2.23. The Labute approximate surface area is 248 Å². The first-order valence-corrected chi connectivity index (χ1v) is 14.8. The van der Waals surface area contributed by atoms with Crippen molar-refractivity contribution >= 4 is 22.4 Å². The van der Waals surface area contributed by atoms with Crippen LogP contribution in [0.25, 0.3) is 39.4 Å². The van der Waals surface area contributed by atoms with E-state index in [0.717, 1.165) is 39.4 Å². The number of aromatic nitrogens is 5. The predicted octanol–water partition coefficient (Wildman–Crippen LogP) is 6.61. The van der Waals surface area contributed by atoms with E-state index < -0.39 is 0 Å². The molecular formula is C34H33N5O2S. The molecule has 3 aromatic carbocycles. The van der Waals surface area contributed by atoms with Gasteiger partial charge in [-0.05, 0) is 73.7 Å². The van der Waals surface area contributed by atoms with Gasteiger partial charge in [0, 0.05) is 22.9 Å². The van der Waals surface area contributed by atoms with Crippen molar-refractivity contribution in [2.24, 2.45) is 0 Å². The normalized spacial score (nSPS) is 12.5. The van der Waals surface area contributed by atoms with Crippen molar-refractivity contribution in [2.45, 2.75) is 53.1 Å². The van der Waals surface area contributed by atoms with E-state index in [9.17, 15) is 4.79 Å². The van der Waals surface area contributed by atoms with Gasteiger partial charge < -0.3 is 4.74 Å². The summed E-state index contributed by atoms with van der Waals surface area (Å²) >= 11 is 1.33. The minimum Gasteiger partial charge on any atom is -0.491 e. The zero-order chi connectivity index (χ0) is 29.6. The van der Waals surface area contributed by atoms with Gasteiger partial charge in [0.05, 0.1) is 16.3 Å². The van der Waals surface area contributed by atoms with Crippen LogP contribution in [0.3, 0.4) is 0 Å². The molecule has 6 aromatic rings. The Hall–Kier alpha value is -4.56. The van der Waals surface area contributed by atoms with Crippen molar-refractivity contribution in [3.63, 3.8) is 0 Å². The topological polar surface area (TPSA) is 74.3 Å². The monoisotopic (exact) mass is 575 g/mol. The fourth-order valence-corrected chi connectivity index (χ4v) is 5.73. The van der Waals surface area contributed by atoms with Gasteiger partial charge in [0.1, 0.15) is 11.4 Å². The third kappa shape index (κ3) is 5.37. The molecule has 0 spiro atoms.